The van der Waals surface area contributed by atoms with Crippen molar-refractivity contribution < 1.29 is 16.8 Å². The minimum Gasteiger partial charge on any atom is -0.329 e. The monoisotopic (exact) mass is 1880 g/mol. The first-order valence-electron chi connectivity index (χ1n) is 41.9. The van der Waals surface area contributed by atoms with Gasteiger partial charge in [-0.15, -0.1) is 22.7 Å². The fraction of sp³-hybridized carbons (Fsp3) is 0.357. The zero-order valence-electron chi connectivity index (χ0n) is 72.6. The van der Waals surface area contributed by atoms with E-state index in [9.17, 15) is 16.8 Å². The molecule has 8 N–H and O–H groups in total. The molecule has 20 rings (SSSR count). The summed E-state index contributed by atoms with van der Waals surface area (Å²) in [6.45, 7) is 19.3. The highest BCUT2D eigenvalue weighted by Crippen LogP contribution is 2.42. The second kappa shape index (κ2) is 37.9. The number of aromatic nitrogens is 22. The predicted octanol–water partition coefficient (Wildman–Crippen LogP) is 14.0. The summed E-state index contributed by atoms with van der Waals surface area (Å²) in [4.78, 5) is 38.3. The number of thiophene rings is 2. The minimum atomic E-state index is -3.56. The topological polar surface area (TPSA) is 389 Å². The molecule has 0 bridgehead atoms. The number of piperidine rings is 2. The summed E-state index contributed by atoms with van der Waals surface area (Å²) in [6.07, 6.45) is 39.2. The van der Waals surface area contributed by atoms with Crippen LogP contribution in [0.25, 0.3) is 78.8 Å². The maximum Gasteiger partial charge on any atom is 0.252 e. The number of aryl methyl sites for hydroxylation is 8. The molecule has 16 aromatic rings. The SMILES string of the molecule is CCN(CC)S(=O)(=O)c1sc(Nc2nc(C3=CCCNC3)cn3c(-c4cnn(C)c4)cnc23)cc1C.Cc1cc(Nc2nc(C3=CCCNC3)cn3c(-c4cnn(C)c4)cnc23)sc1S(=O)(=O)N(C)C.Cc1cc(Nc2nc(C3CCCNC3)c(Cl)n3c(-c4cnn(C)c4)cnc23)sn1.Cc1nsc(Nc2nc(C3CCCNC3)cn3c(-c4cnn(C)c4)cnc23)c1Cl. The maximum atomic E-state index is 13.2. The lowest BCUT2D eigenvalue weighted by Gasteiger charge is -2.24. The predicted molar refractivity (Wildman–Crippen MR) is 507 cm³/mol. The number of sulfonamides is 2. The normalized spacial score (nSPS) is 15.8. The molecule has 2 fully saturated rings. The molecule has 20 heterocycles. The van der Waals surface area contributed by atoms with E-state index in [1.165, 1.54) is 68.4 Å². The lowest BCUT2D eigenvalue weighted by molar-refractivity contribution is 0.446. The van der Waals surface area contributed by atoms with Crippen molar-refractivity contribution in [2.24, 2.45) is 28.2 Å². The second-order valence-electron chi connectivity index (χ2n) is 31.8. The molecule has 668 valence electrons. The Morgan fingerprint density at radius 3 is 1.38 bits per heavy atom. The summed E-state index contributed by atoms with van der Waals surface area (Å²) in [5.41, 5.74) is 19.3. The van der Waals surface area contributed by atoms with E-state index in [1.807, 2.05) is 169 Å². The molecule has 0 aromatic carbocycles. The van der Waals surface area contributed by atoms with Gasteiger partial charge < -0.3 is 42.5 Å². The Balaban J connectivity index is 0.000000120. The third-order valence-electron chi connectivity index (χ3n) is 22.3. The molecule has 0 aliphatic carbocycles. The van der Waals surface area contributed by atoms with E-state index in [1.54, 1.807) is 38.0 Å². The standard InChI is InChI=1S/C24H30N8O2S2.C22H26N8O2S2.2C19H21ClN8S/c1-5-31(6-2)36(33,34)24-16(3)10-21(35-24)29-22-23-26-13-20(18-12-27-30(4)14-18)32(23)15-19(28-22)17-8-7-9-25-11-17;1-14-8-19(33-22(14)34(31,32)28(2)3)27-20-21-24-11-18(16-10-25-29(4)12-16)30(21)13-17(26-20)15-6-5-7-23-9-15;1-11-16(20)19(29-26-11)25-17-18-22-8-15(13-7-23-27(2)9-13)28(18)10-14(24-17)12-4-3-5-21-6-12;1-11-6-15(29-26-11)24-18-19-22-9-14(13-8-23-27(2)10-13)28(19)17(20)16(25-18)12-4-3-5-21-7-12/h8,10,12-15,25H,5-7,9,11H2,1-4H3,(H,28,29);6,8,10-13,23H,5,7,9H2,1-4H3,(H,26,27);7-10,12,21H,3-6H2,1-2H3,(H,24,25);6,8-10,12,21H,3-5,7H2,1-2H3,(H,24,25). The molecular formula is C84H98Cl2N32O4S6. The summed E-state index contributed by atoms with van der Waals surface area (Å²) >= 11 is 18.5. The smallest absolute Gasteiger partial charge is 0.252 e. The van der Waals surface area contributed by atoms with E-state index < -0.39 is 20.0 Å². The van der Waals surface area contributed by atoms with Gasteiger partial charge in [0, 0.05) is 159 Å². The molecule has 0 radical (unpaired) electrons. The average Bonchev–Trinajstić information content (AvgIpc) is 1.59. The number of hydrogen-bond acceptors (Lipinski definition) is 30. The quantitative estimate of drug-likeness (QED) is 0.0312. The largest absolute Gasteiger partial charge is 0.329 e. The Morgan fingerprint density at radius 1 is 0.492 bits per heavy atom. The van der Waals surface area contributed by atoms with Gasteiger partial charge in [-0.3, -0.25) is 36.3 Å². The van der Waals surface area contributed by atoms with Gasteiger partial charge in [0.2, 0.25) is 0 Å². The van der Waals surface area contributed by atoms with E-state index >= 15 is 0 Å². The third kappa shape index (κ3) is 18.6. The number of nitrogens with one attached hydrogen (secondary N) is 8. The van der Waals surface area contributed by atoms with Crippen LogP contribution in [0, 0.1) is 27.7 Å². The molecule has 36 nitrogen and oxygen atoms in total. The van der Waals surface area contributed by atoms with Gasteiger partial charge in [0.05, 0.1) is 122 Å². The number of fused-ring (bicyclic) bond motifs is 4. The molecule has 128 heavy (non-hydrogen) atoms. The zero-order chi connectivity index (χ0) is 89.4. The molecule has 44 heteroatoms. The van der Waals surface area contributed by atoms with Crippen molar-refractivity contribution >= 4 is 166 Å². The van der Waals surface area contributed by atoms with Gasteiger partial charge >= 0.3 is 0 Å². The number of imidazole rings is 4. The second-order valence-corrected chi connectivity index (χ2v) is 40.7. The molecule has 4 aliphatic heterocycles. The van der Waals surface area contributed by atoms with Crippen LogP contribution in [0.4, 0.5) is 43.3 Å². The fourth-order valence-electron chi connectivity index (χ4n) is 15.8. The van der Waals surface area contributed by atoms with E-state index in [0.717, 1.165) is 197 Å². The van der Waals surface area contributed by atoms with Crippen LogP contribution in [0.3, 0.4) is 0 Å². The van der Waals surface area contributed by atoms with Crippen LogP contribution in [0.5, 0.6) is 0 Å². The highest BCUT2D eigenvalue weighted by atomic mass is 35.5. The Kier molecular flexibility index (Phi) is 26.3. The van der Waals surface area contributed by atoms with Crippen molar-refractivity contribution in [1.82, 2.24) is 135 Å². The number of hydrogen-bond donors (Lipinski definition) is 8. The van der Waals surface area contributed by atoms with Crippen molar-refractivity contribution in [2.75, 3.05) is 101 Å². The Labute approximate surface area is 765 Å². The highest BCUT2D eigenvalue weighted by molar-refractivity contribution is 7.91. The molecule has 2 saturated heterocycles. The average molecular weight is 1880 g/mol. The number of anilines is 8. The summed E-state index contributed by atoms with van der Waals surface area (Å²) in [5.74, 6) is 3.13. The molecule has 4 aliphatic rings. The van der Waals surface area contributed by atoms with Crippen LogP contribution in [-0.4, -0.2) is 210 Å². The van der Waals surface area contributed by atoms with E-state index in [-0.39, 0.29) is 5.92 Å². The van der Waals surface area contributed by atoms with Crippen molar-refractivity contribution in [2.45, 2.75) is 100 Å². The maximum absolute atomic E-state index is 13.2. The molecule has 2 atom stereocenters. The third-order valence-corrected chi connectivity index (χ3v) is 32.3. The van der Waals surface area contributed by atoms with Crippen LogP contribution in [0.1, 0.15) is 109 Å². The van der Waals surface area contributed by atoms with Crippen LogP contribution in [-0.2, 0) is 48.2 Å². The van der Waals surface area contributed by atoms with Gasteiger partial charge in [0.1, 0.15) is 23.6 Å². The lowest BCUT2D eigenvalue weighted by Crippen LogP contribution is -2.30. The summed E-state index contributed by atoms with van der Waals surface area (Å²) < 4.78 is 79.0. The summed E-state index contributed by atoms with van der Waals surface area (Å²) in [5, 5.41) is 48.8. The Morgan fingerprint density at radius 2 is 0.945 bits per heavy atom. The highest BCUT2D eigenvalue weighted by Gasteiger charge is 2.32. The molecule has 0 amide bonds. The van der Waals surface area contributed by atoms with Crippen molar-refractivity contribution in [1.29, 1.82) is 0 Å². The van der Waals surface area contributed by atoms with Crippen LogP contribution >= 0.6 is 68.9 Å². The Bertz CT molecular complexity index is 7050. The van der Waals surface area contributed by atoms with Crippen molar-refractivity contribution in [3.63, 3.8) is 0 Å². The minimum absolute atomic E-state index is 0.258. The molecule has 16 aromatic heterocycles. The van der Waals surface area contributed by atoms with Gasteiger partial charge in [0.15, 0.2) is 45.9 Å². The number of nitrogens with zero attached hydrogens (tertiary/aromatic N) is 24. The molecule has 0 spiro atoms. The zero-order valence-corrected chi connectivity index (χ0v) is 79.0. The number of halogens is 2. The summed E-state index contributed by atoms with van der Waals surface area (Å²) in [7, 11) is 3.55. The fourth-order valence-corrected chi connectivity index (χ4v) is 23.7. The molecule has 0 saturated carbocycles. The van der Waals surface area contributed by atoms with Crippen LogP contribution in [0.2, 0.25) is 10.2 Å². The van der Waals surface area contributed by atoms with Gasteiger partial charge in [-0.25, -0.2) is 61.0 Å². The first-order valence-corrected chi connectivity index (χ1v) is 48.7. The van der Waals surface area contributed by atoms with Gasteiger partial charge in [-0.1, -0.05) is 49.2 Å². The van der Waals surface area contributed by atoms with E-state index in [0.29, 0.717) is 98.9 Å². The van der Waals surface area contributed by atoms with E-state index in [4.69, 9.17) is 43.1 Å². The van der Waals surface area contributed by atoms with Crippen molar-refractivity contribution in [3.05, 3.63) is 179 Å². The molecular weight excluding hydrogens is 1780 g/mol. The van der Waals surface area contributed by atoms with Gasteiger partial charge in [-0.05, 0) is 156 Å². The number of rotatable bonds is 22. The Hall–Kier alpha value is -11.1. The summed E-state index contributed by atoms with van der Waals surface area (Å²) in [6, 6.07) is 5.70. The van der Waals surface area contributed by atoms with Gasteiger partial charge in [0.25, 0.3) is 20.0 Å². The van der Waals surface area contributed by atoms with Crippen LogP contribution < -0.4 is 42.5 Å². The molecule has 2 unspecified atom stereocenters. The van der Waals surface area contributed by atoms with E-state index in [2.05, 4.69) is 114 Å². The lowest BCUT2D eigenvalue weighted by atomic mass is 9.96. The first kappa shape index (κ1) is 88.9. The van der Waals surface area contributed by atoms with Crippen molar-refractivity contribution in [3.8, 4) is 45.0 Å². The van der Waals surface area contributed by atoms with Crippen LogP contribution in [0.15, 0.2) is 132 Å². The van der Waals surface area contributed by atoms with Gasteiger partial charge in [-0.2, -0.15) is 33.4 Å². The first-order chi connectivity index (χ1) is 61.7.